The zero-order valence-corrected chi connectivity index (χ0v) is 13.5. The molecule has 3 aromatic heterocycles. The van der Waals surface area contributed by atoms with Gasteiger partial charge in [-0.1, -0.05) is 18.2 Å². The van der Waals surface area contributed by atoms with Gasteiger partial charge in [-0.25, -0.2) is 9.55 Å². The molecule has 0 fully saturated rings. The SMILES string of the molecule is C[n+]1ccc(/C=C/c2ccc(-c3nc4ccccc4s3)o2)cc1. The molecule has 0 aliphatic carbocycles. The van der Waals surface area contributed by atoms with Gasteiger partial charge >= 0.3 is 0 Å². The van der Waals surface area contributed by atoms with E-state index < -0.39 is 0 Å². The molecule has 4 rings (SSSR count). The number of benzene rings is 1. The number of hydrogen-bond donors (Lipinski definition) is 0. The average molecular weight is 319 g/mol. The summed E-state index contributed by atoms with van der Waals surface area (Å²) in [6.45, 7) is 0. The predicted molar refractivity (Wildman–Crippen MR) is 93.9 cm³/mol. The van der Waals surface area contributed by atoms with E-state index in [-0.39, 0.29) is 0 Å². The first-order chi connectivity index (χ1) is 11.3. The molecule has 0 radical (unpaired) electrons. The van der Waals surface area contributed by atoms with Crippen LogP contribution in [-0.2, 0) is 7.05 Å². The third-order valence-corrected chi connectivity index (χ3v) is 4.63. The Hall–Kier alpha value is -2.72. The van der Waals surface area contributed by atoms with Crippen LogP contribution in [0.5, 0.6) is 0 Å². The minimum Gasteiger partial charge on any atom is -0.454 e. The van der Waals surface area contributed by atoms with E-state index in [1.165, 1.54) is 4.70 Å². The van der Waals surface area contributed by atoms with Crippen LogP contribution < -0.4 is 4.57 Å². The van der Waals surface area contributed by atoms with Crippen LogP contribution in [0.4, 0.5) is 0 Å². The van der Waals surface area contributed by atoms with E-state index >= 15 is 0 Å². The minimum absolute atomic E-state index is 0.810. The van der Waals surface area contributed by atoms with Crippen molar-refractivity contribution in [1.29, 1.82) is 0 Å². The van der Waals surface area contributed by atoms with Crippen molar-refractivity contribution in [3.8, 4) is 10.8 Å². The van der Waals surface area contributed by atoms with Gasteiger partial charge < -0.3 is 4.42 Å². The largest absolute Gasteiger partial charge is 0.454 e. The van der Waals surface area contributed by atoms with Crippen LogP contribution in [0.25, 0.3) is 33.1 Å². The van der Waals surface area contributed by atoms with Crippen molar-refractivity contribution in [2.75, 3.05) is 0 Å². The first kappa shape index (κ1) is 13.9. The molecular formula is C19H15N2OS+. The van der Waals surface area contributed by atoms with Crippen LogP contribution in [-0.4, -0.2) is 4.98 Å². The Morgan fingerprint density at radius 2 is 1.83 bits per heavy atom. The molecule has 0 spiro atoms. The maximum atomic E-state index is 5.90. The number of aryl methyl sites for hydroxylation is 1. The topological polar surface area (TPSA) is 29.9 Å². The third-order valence-electron chi connectivity index (χ3n) is 3.58. The normalized spacial score (nSPS) is 11.5. The second-order valence-electron chi connectivity index (χ2n) is 5.32. The maximum Gasteiger partial charge on any atom is 0.169 e. The van der Waals surface area contributed by atoms with Gasteiger partial charge in [0.05, 0.1) is 10.2 Å². The van der Waals surface area contributed by atoms with Gasteiger partial charge in [0.1, 0.15) is 12.8 Å². The zero-order chi connectivity index (χ0) is 15.6. The van der Waals surface area contributed by atoms with Gasteiger partial charge in [-0.3, -0.25) is 0 Å². The summed E-state index contributed by atoms with van der Waals surface area (Å²) in [6, 6.07) is 16.2. The van der Waals surface area contributed by atoms with E-state index in [1.807, 2.05) is 66.5 Å². The number of rotatable bonds is 3. The van der Waals surface area contributed by atoms with E-state index in [0.717, 1.165) is 27.6 Å². The molecule has 0 aliphatic heterocycles. The molecule has 0 saturated heterocycles. The number of pyridine rings is 1. The number of aromatic nitrogens is 2. The summed E-state index contributed by atoms with van der Waals surface area (Å²) in [4.78, 5) is 4.62. The van der Waals surface area contributed by atoms with Crippen molar-refractivity contribution in [2.45, 2.75) is 0 Å². The lowest BCUT2D eigenvalue weighted by Gasteiger charge is -1.91. The Labute approximate surface area is 138 Å². The molecular weight excluding hydrogens is 304 g/mol. The highest BCUT2D eigenvalue weighted by Crippen LogP contribution is 2.31. The fourth-order valence-electron chi connectivity index (χ4n) is 2.34. The Balaban J connectivity index is 1.59. The molecule has 0 aliphatic rings. The second-order valence-corrected chi connectivity index (χ2v) is 6.35. The highest BCUT2D eigenvalue weighted by Gasteiger charge is 2.09. The van der Waals surface area contributed by atoms with E-state index in [2.05, 4.69) is 23.2 Å². The molecule has 0 bridgehead atoms. The summed E-state index contributed by atoms with van der Waals surface area (Å²) in [7, 11) is 2.00. The maximum absolute atomic E-state index is 5.90. The number of thiazole rings is 1. The van der Waals surface area contributed by atoms with E-state index in [0.29, 0.717) is 0 Å². The van der Waals surface area contributed by atoms with Crippen LogP contribution in [0.1, 0.15) is 11.3 Å². The fraction of sp³-hybridized carbons (Fsp3) is 0.0526. The lowest BCUT2D eigenvalue weighted by molar-refractivity contribution is -0.671. The van der Waals surface area contributed by atoms with Crippen molar-refractivity contribution in [3.63, 3.8) is 0 Å². The van der Waals surface area contributed by atoms with Crippen LogP contribution in [0.2, 0.25) is 0 Å². The van der Waals surface area contributed by atoms with Gasteiger partial charge in [-0.15, -0.1) is 11.3 Å². The van der Waals surface area contributed by atoms with Crippen molar-refractivity contribution in [2.24, 2.45) is 7.05 Å². The van der Waals surface area contributed by atoms with Crippen LogP contribution in [0.15, 0.2) is 65.3 Å². The predicted octanol–water partition coefficient (Wildman–Crippen LogP) is 4.55. The number of fused-ring (bicyclic) bond motifs is 1. The van der Waals surface area contributed by atoms with Gasteiger partial charge in [0.15, 0.2) is 23.2 Å². The summed E-state index contributed by atoms with van der Waals surface area (Å²) >= 11 is 1.65. The Morgan fingerprint density at radius 3 is 2.65 bits per heavy atom. The smallest absolute Gasteiger partial charge is 0.169 e. The lowest BCUT2D eigenvalue weighted by Crippen LogP contribution is -2.25. The van der Waals surface area contributed by atoms with Gasteiger partial charge in [0.25, 0.3) is 0 Å². The minimum atomic E-state index is 0.810. The monoisotopic (exact) mass is 319 g/mol. The molecule has 4 heteroatoms. The Morgan fingerprint density at radius 1 is 1.00 bits per heavy atom. The van der Waals surface area contributed by atoms with Crippen LogP contribution in [0.3, 0.4) is 0 Å². The molecule has 3 nitrogen and oxygen atoms in total. The lowest BCUT2D eigenvalue weighted by atomic mass is 10.2. The standard InChI is InChI=1S/C19H15N2OS/c1-21-12-10-14(11-13-21)6-7-15-8-9-17(22-15)19-20-16-4-2-3-5-18(16)23-19/h2-13H,1H3/q+1/b7-6+. The van der Waals surface area contributed by atoms with Crippen LogP contribution >= 0.6 is 11.3 Å². The number of hydrogen-bond acceptors (Lipinski definition) is 3. The molecule has 0 saturated carbocycles. The summed E-state index contributed by atoms with van der Waals surface area (Å²) in [5.74, 6) is 1.64. The molecule has 0 unspecified atom stereocenters. The van der Waals surface area contributed by atoms with E-state index in [4.69, 9.17) is 4.42 Å². The average Bonchev–Trinajstić information content (AvgIpc) is 3.21. The fourth-order valence-corrected chi connectivity index (χ4v) is 3.26. The van der Waals surface area contributed by atoms with Crippen molar-refractivity contribution in [1.82, 2.24) is 4.98 Å². The second kappa shape index (κ2) is 5.82. The van der Waals surface area contributed by atoms with Gasteiger partial charge in [0.2, 0.25) is 0 Å². The van der Waals surface area contributed by atoms with Crippen molar-refractivity contribution >= 4 is 33.7 Å². The summed E-state index contributed by atoms with van der Waals surface area (Å²) in [6.07, 6.45) is 8.07. The van der Waals surface area contributed by atoms with E-state index in [9.17, 15) is 0 Å². The summed E-state index contributed by atoms with van der Waals surface area (Å²) < 4.78 is 9.08. The molecule has 3 heterocycles. The molecule has 112 valence electrons. The zero-order valence-electron chi connectivity index (χ0n) is 12.6. The van der Waals surface area contributed by atoms with Crippen molar-refractivity contribution in [3.05, 3.63) is 72.2 Å². The first-order valence-corrected chi connectivity index (χ1v) is 8.19. The highest BCUT2D eigenvalue weighted by molar-refractivity contribution is 7.21. The van der Waals surface area contributed by atoms with Crippen LogP contribution in [0, 0.1) is 0 Å². The number of furan rings is 1. The van der Waals surface area contributed by atoms with Gasteiger partial charge in [0, 0.05) is 12.1 Å². The molecule has 0 amide bonds. The molecule has 1 aromatic carbocycles. The number of nitrogens with zero attached hydrogens (tertiary/aromatic N) is 2. The Kier molecular flexibility index (Phi) is 3.52. The Bertz CT molecular complexity index is 947. The highest BCUT2D eigenvalue weighted by atomic mass is 32.1. The molecule has 23 heavy (non-hydrogen) atoms. The van der Waals surface area contributed by atoms with Gasteiger partial charge in [-0.05, 0) is 35.9 Å². The molecule has 4 aromatic rings. The quantitative estimate of drug-likeness (QED) is 0.518. The van der Waals surface area contributed by atoms with Gasteiger partial charge in [-0.2, -0.15) is 0 Å². The van der Waals surface area contributed by atoms with Crippen molar-refractivity contribution < 1.29 is 8.98 Å². The number of para-hydroxylation sites is 1. The first-order valence-electron chi connectivity index (χ1n) is 7.37. The van der Waals surface area contributed by atoms with E-state index in [1.54, 1.807) is 11.3 Å². The third kappa shape index (κ3) is 2.94. The summed E-state index contributed by atoms with van der Waals surface area (Å²) in [5.41, 5.74) is 2.15. The molecule has 0 N–H and O–H groups in total. The molecule has 0 atom stereocenters. The summed E-state index contributed by atoms with van der Waals surface area (Å²) in [5, 5.41) is 0.914.